The highest BCUT2D eigenvalue weighted by Crippen LogP contribution is 2.18. The summed E-state index contributed by atoms with van der Waals surface area (Å²) in [6, 6.07) is 2.89. The van der Waals surface area contributed by atoms with Gasteiger partial charge in [-0.3, -0.25) is 4.98 Å². The molecule has 1 rings (SSSR count). The lowest BCUT2D eigenvalue weighted by Gasteiger charge is -2.20. The van der Waals surface area contributed by atoms with Gasteiger partial charge in [-0.25, -0.2) is 4.79 Å². The lowest BCUT2D eigenvalue weighted by atomic mass is 9.99. The van der Waals surface area contributed by atoms with Crippen LogP contribution in [0, 0.1) is 0 Å². The van der Waals surface area contributed by atoms with Crippen molar-refractivity contribution in [3.05, 3.63) is 24.0 Å². The van der Waals surface area contributed by atoms with Gasteiger partial charge in [-0.15, -0.1) is 0 Å². The molecule has 1 atom stereocenters. The highest BCUT2D eigenvalue weighted by atomic mass is 16.5. The molecule has 0 saturated heterocycles. The van der Waals surface area contributed by atoms with E-state index in [1.807, 2.05) is 0 Å². The smallest absolute Gasteiger partial charge is 0.331 e. The Morgan fingerprint density at radius 1 is 1.64 bits per heavy atom. The number of pyridine rings is 1. The molecule has 0 aliphatic carbocycles. The number of ether oxygens (including phenoxy) is 1. The quantitative estimate of drug-likeness (QED) is 0.657. The maximum atomic E-state index is 11.3. The van der Waals surface area contributed by atoms with Crippen molar-refractivity contribution in [2.24, 2.45) is 5.73 Å². The third-order valence-corrected chi connectivity index (χ3v) is 1.89. The molecule has 0 fully saturated rings. The van der Waals surface area contributed by atoms with Crippen LogP contribution in [0.1, 0.15) is 12.6 Å². The lowest BCUT2D eigenvalue weighted by Crippen LogP contribution is -2.43. The molecule has 0 aromatic carbocycles. The Hall–Kier alpha value is -1.62. The van der Waals surface area contributed by atoms with E-state index >= 15 is 0 Å². The van der Waals surface area contributed by atoms with Crippen LogP contribution in [0.2, 0.25) is 0 Å². The van der Waals surface area contributed by atoms with Gasteiger partial charge in [0.25, 0.3) is 0 Å². The Kier molecular flexibility index (Phi) is 2.71. The zero-order valence-corrected chi connectivity index (χ0v) is 8.02. The van der Waals surface area contributed by atoms with E-state index in [2.05, 4.69) is 9.72 Å². The Balaban J connectivity index is 3.03. The van der Waals surface area contributed by atoms with Crippen LogP contribution in [-0.4, -0.2) is 23.2 Å². The van der Waals surface area contributed by atoms with Crippen LogP contribution in [0.5, 0.6) is 5.75 Å². The molecule has 0 unspecified atom stereocenters. The predicted octanol–water partition coefficient (Wildman–Crippen LogP) is 0.134. The first kappa shape index (κ1) is 10.5. The van der Waals surface area contributed by atoms with Gasteiger partial charge in [0.2, 0.25) is 0 Å². The summed E-state index contributed by atoms with van der Waals surface area (Å²) < 4.78 is 4.53. The number of esters is 1. The van der Waals surface area contributed by atoms with Crippen LogP contribution in [0.4, 0.5) is 0 Å². The Bertz CT molecular complexity index is 332. The Morgan fingerprint density at radius 3 is 2.71 bits per heavy atom. The molecule has 1 heterocycles. The van der Waals surface area contributed by atoms with E-state index in [9.17, 15) is 4.79 Å². The predicted molar refractivity (Wildman–Crippen MR) is 49.5 cm³/mol. The molecule has 0 amide bonds. The molecule has 0 radical (unpaired) electrons. The third kappa shape index (κ3) is 1.82. The number of rotatable bonds is 2. The second-order valence-electron chi connectivity index (χ2n) is 3.10. The van der Waals surface area contributed by atoms with Gasteiger partial charge in [0.05, 0.1) is 19.0 Å². The summed E-state index contributed by atoms with van der Waals surface area (Å²) in [6.45, 7) is 1.50. The molecule has 1 aromatic heterocycles. The van der Waals surface area contributed by atoms with E-state index in [1.165, 1.54) is 32.4 Å². The summed E-state index contributed by atoms with van der Waals surface area (Å²) in [4.78, 5) is 15.1. The van der Waals surface area contributed by atoms with E-state index in [4.69, 9.17) is 10.8 Å². The van der Waals surface area contributed by atoms with E-state index in [1.54, 1.807) is 0 Å². The fourth-order valence-electron chi connectivity index (χ4n) is 1.01. The topological polar surface area (TPSA) is 85.4 Å². The maximum Gasteiger partial charge on any atom is 0.331 e. The van der Waals surface area contributed by atoms with E-state index < -0.39 is 11.5 Å². The molecule has 0 saturated carbocycles. The molecule has 0 bridgehead atoms. The normalized spacial score (nSPS) is 14.5. The molecule has 1 aromatic rings. The number of methoxy groups -OCH3 is 1. The number of nitrogens with zero attached hydrogens (tertiary/aromatic N) is 1. The minimum atomic E-state index is -1.29. The first-order chi connectivity index (χ1) is 6.48. The molecule has 0 aliphatic heterocycles. The fraction of sp³-hybridized carbons (Fsp3) is 0.333. The number of aromatic nitrogens is 1. The number of hydrogen-bond acceptors (Lipinski definition) is 5. The van der Waals surface area contributed by atoms with Gasteiger partial charge in [-0.1, -0.05) is 0 Å². The van der Waals surface area contributed by atoms with Crippen molar-refractivity contribution in [3.63, 3.8) is 0 Å². The monoisotopic (exact) mass is 196 g/mol. The van der Waals surface area contributed by atoms with Crippen LogP contribution < -0.4 is 5.73 Å². The maximum absolute atomic E-state index is 11.3. The van der Waals surface area contributed by atoms with Gasteiger partial charge in [0, 0.05) is 0 Å². The van der Waals surface area contributed by atoms with Gasteiger partial charge < -0.3 is 15.6 Å². The van der Waals surface area contributed by atoms with Crippen molar-refractivity contribution in [2.75, 3.05) is 7.11 Å². The highest BCUT2D eigenvalue weighted by Gasteiger charge is 2.33. The highest BCUT2D eigenvalue weighted by molar-refractivity contribution is 5.81. The summed E-state index contributed by atoms with van der Waals surface area (Å²) >= 11 is 0. The van der Waals surface area contributed by atoms with Crippen LogP contribution >= 0.6 is 0 Å². The molecular weight excluding hydrogens is 184 g/mol. The largest absolute Gasteiger partial charge is 0.506 e. The summed E-state index contributed by atoms with van der Waals surface area (Å²) in [5.74, 6) is -0.551. The number of carbonyl (C=O) groups excluding carboxylic acids is 1. The van der Waals surface area contributed by atoms with Gasteiger partial charge in [-0.05, 0) is 19.1 Å². The molecule has 76 valence electrons. The van der Waals surface area contributed by atoms with Crippen molar-refractivity contribution in [3.8, 4) is 5.75 Å². The van der Waals surface area contributed by atoms with Crippen LogP contribution in [0.3, 0.4) is 0 Å². The molecule has 0 spiro atoms. The number of aromatic hydroxyl groups is 1. The number of hydrogen-bond donors (Lipinski definition) is 2. The van der Waals surface area contributed by atoms with E-state index in [0.29, 0.717) is 5.69 Å². The summed E-state index contributed by atoms with van der Waals surface area (Å²) in [5, 5.41) is 9.00. The first-order valence-corrected chi connectivity index (χ1v) is 4.01. The molecular formula is C9H12N2O3. The second-order valence-corrected chi connectivity index (χ2v) is 3.10. The number of nitrogens with two attached hydrogens (primary N) is 1. The molecule has 14 heavy (non-hydrogen) atoms. The van der Waals surface area contributed by atoms with Gasteiger partial charge in [-0.2, -0.15) is 0 Å². The van der Waals surface area contributed by atoms with Crippen LogP contribution in [-0.2, 0) is 15.1 Å². The van der Waals surface area contributed by atoms with Crippen molar-refractivity contribution in [1.29, 1.82) is 0 Å². The minimum Gasteiger partial charge on any atom is -0.506 e. The van der Waals surface area contributed by atoms with Crippen molar-refractivity contribution in [2.45, 2.75) is 12.5 Å². The van der Waals surface area contributed by atoms with Crippen molar-refractivity contribution >= 4 is 5.97 Å². The van der Waals surface area contributed by atoms with Crippen molar-refractivity contribution < 1.29 is 14.6 Å². The Morgan fingerprint density at radius 2 is 2.29 bits per heavy atom. The summed E-state index contributed by atoms with van der Waals surface area (Å²) in [6.07, 6.45) is 1.23. The van der Waals surface area contributed by atoms with E-state index in [-0.39, 0.29) is 5.75 Å². The molecule has 5 nitrogen and oxygen atoms in total. The van der Waals surface area contributed by atoms with Gasteiger partial charge in [0.15, 0.2) is 5.54 Å². The first-order valence-electron chi connectivity index (χ1n) is 4.01. The van der Waals surface area contributed by atoms with Gasteiger partial charge in [0.1, 0.15) is 5.75 Å². The molecule has 3 N–H and O–H groups in total. The molecule has 5 heteroatoms. The standard InChI is InChI=1S/C9H12N2O3/c1-9(10,8(13)14-2)7-4-3-6(12)5-11-7/h3-5,12H,10H2,1-2H3/t9-/m0/s1. The zero-order valence-electron chi connectivity index (χ0n) is 8.02. The second kappa shape index (κ2) is 3.63. The zero-order chi connectivity index (χ0) is 10.8. The van der Waals surface area contributed by atoms with Crippen LogP contribution in [0.15, 0.2) is 18.3 Å². The average Bonchev–Trinajstić information content (AvgIpc) is 2.17. The van der Waals surface area contributed by atoms with Crippen LogP contribution in [0.25, 0.3) is 0 Å². The van der Waals surface area contributed by atoms with Crippen molar-refractivity contribution in [1.82, 2.24) is 4.98 Å². The minimum absolute atomic E-state index is 0.0226. The third-order valence-electron chi connectivity index (χ3n) is 1.89. The number of carbonyl (C=O) groups is 1. The summed E-state index contributed by atoms with van der Waals surface area (Å²) in [5.41, 5.74) is 4.78. The van der Waals surface area contributed by atoms with E-state index in [0.717, 1.165) is 0 Å². The Labute approximate surface area is 81.5 Å². The fourth-order valence-corrected chi connectivity index (χ4v) is 1.01. The molecule has 0 aliphatic rings. The SMILES string of the molecule is COC(=O)[C@@](C)(N)c1ccc(O)cn1. The average molecular weight is 196 g/mol. The lowest BCUT2D eigenvalue weighted by molar-refractivity contribution is -0.146. The summed E-state index contributed by atoms with van der Waals surface area (Å²) in [7, 11) is 1.26. The van der Waals surface area contributed by atoms with Gasteiger partial charge >= 0.3 is 5.97 Å².